The normalized spacial score (nSPS) is 15.8. The zero-order valence-corrected chi connectivity index (χ0v) is 25.4. The molecule has 0 aliphatic heterocycles. The van der Waals surface area contributed by atoms with Crippen LogP contribution in [0.1, 0.15) is 48.8 Å². The Morgan fingerprint density at radius 3 is 1.89 bits per heavy atom. The van der Waals surface area contributed by atoms with Gasteiger partial charge in [0, 0.05) is 6.26 Å². The van der Waals surface area contributed by atoms with E-state index in [1.165, 1.54) is 12.1 Å². The van der Waals surface area contributed by atoms with Crippen LogP contribution in [-0.2, 0) is 48.5 Å². The van der Waals surface area contributed by atoms with Crippen molar-refractivity contribution in [2.45, 2.75) is 74.3 Å². The number of ether oxygens (including phenoxy) is 2. The fourth-order valence-electron chi connectivity index (χ4n) is 5.17. The molecule has 3 aromatic rings. The third kappa shape index (κ3) is 9.14. The highest BCUT2D eigenvalue weighted by molar-refractivity contribution is 7.90. The molecule has 11 heteroatoms. The Hall–Kier alpha value is -4.22. The van der Waals surface area contributed by atoms with Gasteiger partial charge in [0.05, 0.1) is 10.9 Å². The molecule has 1 fully saturated rings. The number of sulfone groups is 1. The highest BCUT2D eigenvalue weighted by atomic mass is 32.2. The van der Waals surface area contributed by atoms with Crippen LogP contribution in [0, 0.1) is 0 Å². The Morgan fingerprint density at radius 1 is 0.795 bits per heavy atom. The summed E-state index contributed by atoms with van der Waals surface area (Å²) < 4.78 is 34.7. The first kappa shape index (κ1) is 32.7. The topological polar surface area (TPSA) is 148 Å². The van der Waals surface area contributed by atoms with Crippen LogP contribution in [0.3, 0.4) is 0 Å². The number of amides is 2. The van der Waals surface area contributed by atoms with Crippen LogP contribution in [0.5, 0.6) is 0 Å². The highest BCUT2D eigenvalue weighted by Gasteiger charge is 2.44. The maximum absolute atomic E-state index is 13.5. The fourth-order valence-corrected chi connectivity index (χ4v) is 5.80. The Morgan fingerprint density at radius 2 is 1.34 bits per heavy atom. The maximum Gasteiger partial charge on any atom is 0.407 e. The van der Waals surface area contributed by atoms with Crippen molar-refractivity contribution in [3.05, 3.63) is 102 Å². The predicted molar refractivity (Wildman–Crippen MR) is 163 cm³/mol. The number of benzene rings is 3. The molecule has 0 saturated heterocycles. The third-order valence-corrected chi connectivity index (χ3v) is 8.77. The lowest BCUT2D eigenvalue weighted by atomic mass is 9.81. The van der Waals surface area contributed by atoms with Crippen LogP contribution in [0.25, 0.3) is 0 Å². The van der Waals surface area contributed by atoms with Crippen molar-refractivity contribution in [2.75, 3.05) is 6.26 Å². The van der Waals surface area contributed by atoms with Crippen LogP contribution in [0.4, 0.5) is 4.79 Å². The van der Waals surface area contributed by atoms with Crippen molar-refractivity contribution in [1.29, 1.82) is 0 Å². The highest BCUT2D eigenvalue weighted by Crippen LogP contribution is 2.30. The molecule has 3 N–H and O–H groups in total. The molecule has 234 valence electrons. The van der Waals surface area contributed by atoms with E-state index in [0.29, 0.717) is 31.2 Å². The second kappa shape index (κ2) is 15.0. The maximum atomic E-state index is 13.5. The Bertz CT molecular complexity index is 1510. The minimum Gasteiger partial charge on any atom is -0.459 e. The summed E-state index contributed by atoms with van der Waals surface area (Å²) >= 11 is 0. The zero-order valence-electron chi connectivity index (χ0n) is 24.6. The van der Waals surface area contributed by atoms with Crippen molar-refractivity contribution < 1.29 is 37.4 Å². The summed E-state index contributed by atoms with van der Waals surface area (Å²) in [5, 5.41) is 16.6. The fraction of sp³-hybridized carbons (Fsp3) is 0.364. The minimum atomic E-state index is -3.43. The van der Waals surface area contributed by atoms with Crippen LogP contribution in [-0.4, -0.2) is 55.4 Å². The molecule has 3 aromatic carbocycles. The summed E-state index contributed by atoms with van der Waals surface area (Å²) in [5.41, 5.74) is 0.799. The first-order valence-electron chi connectivity index (χ1n) is 14.5. The average Bonchev–Trinajstić information content (AvgIpc) is 3.03. The molecule has 4 rings (SSSR count). The van der Waals surface area contributed by atoms with E-state index in [9.17, 15) is 27.9 Å². The Kier molecular flexibility index (Phi) is 11.1. The van der Waals surface area contributed by atoms with Crippen LogP contribution < -0.4 is 10.6 Å². The molecule has 1 saturated carbocycles. The molecule has 1 aliphatic rings. The Balaban J connectivity index is 1.49. The number of aliphatic hydroxyl groups excluding tert-OH is 1. The van der Waals surface area contributed by atoms with E-state index in [1.807, 2.05) is 36.4 Å². The Labute approximate surface area is 257 Å². The molecule has 44 heavy (non-hydrogen) atoms. The molecule has 0 unspecified atom stereocenters. The van der Waals surface area contributed by atoms with Gasteiger partial charge in [-0.25, -0.2) is 18.0 Å². The number of carbonyl (C=O) groups is 3. The first-order valence-corrected chi connectivity index (χ1v) is 16.4. The number of carbonyl (C=O) groups excluding carboxylic acids is 3. The number of hydrogen-bond donors (Lipinski definition) is 3. The van der Waals surface area contributed by atoms with E-state index in [0.717, 1.165) is 23.8 Å². The summed E-state index contributed by atoms with van der Waals surface area (Å²) in [7, 11) is -3.43. The molecule has 10 nitrogen and oxygen atoms in total. The van der Waals surface area contributed by atoms with Gasteiger partial charge in [-0.15, -0.1) is 0 Å². The smallest absolute Gasteiger partial charge is 0.407 e. The van der Waals surface area contributed by atoms with Gasteiger partial charge in [-0.1, -0.05) is 92.1 Å². The van der Waals surface area contributed by atoms with Crippen LogP contribution in [0.15, 0.2) is 89.8 Å². The predicted octanol–water partition coefficient (Wildman–Crippen LogP) is 3.85. The van der Waals surface area contributed by atoms with Crippen molar-refractivity contribution >= 4 is 27.8 Å². The lowest BCUT2D eigenvalue weighted by molar-refractivity contribution is -0.158. The summed E-state index contributed by atoms with van der Waals surface area (Å²) in [6, 6.07) is 23.0. The lowest BCUT2D eigenvalue weighted by Crippen LogP contribution is -2.61. The second-order valence-corrected chi connectivity index (χ2v) is 13.1. The molecule has 2 amide bonds. The van der Waals surface area contributed by atoms with E-state index in [4.69, 9.17) is 9.47 Å². The standard InChI is InChI=1S/C33H38N2O8S/c1-44(40,41)27-17-15-24(16-18-27)21-28(34-32(39)43-23-26-13-7-3-8-14-26)29(36)30(37)35-33(19-9-4-10-20-33)31(38)42-22-25-11-5-2-6-12-25/h2-3,5-8,11-18,28-29,36H,4,9-10,19-23H2,1H3,(H,34,39)(H,35,37)/t28-,29+/m1/s1. The summed E-state index contributed by atoms with van der Waals surface area (Å²) in [4.78, 5) is 39.8. The molecular formula is C33H38N2O8S. The van der Waals surface area contributed by atoms with E-state index < -0.39 is 45.5 Å². The summed E-state index contributed by atoms with van der Waals surface area (Å²) in [6.45, 7) is 0.0157. The molecule has 0 heterocycles. The van der Waals surface area contributed by atoms with Gasteiger partial charge in [-0.2, -0.15) is 0 Å². The second-order valence-electron chi connectivity index (χ2n) is 11.1. The van der Waals surface area contributed by atoms with Gasteiger partial charge in [-0.3, -0.25) is 4.79 Å². The van der Waals surface area contributed by atoms with E-state index in [-0.39, 0.29) is 24.5 Å². The monoisotopic (exact) mass is 622 g/mol. The molecule has 2 atom stereocenters. The largest absolute Gasteiger partial charge is 0.459 e. The molecule has 1 aliphatic carbocycles. The molecule has 0 spiro atoms. The van der Waals surface area contributed by atoms with Crippen LogP contribution >= 0.6 is 0 Å². The first-order chi connectivity index (χ1) is 21.1. The SMILES string of the molecule is CS(=O)(=O)c1ccc(C[C@@H](NC(=O)OCc2ccccc2)[C@H](O)C(=O)NC2(C(=O)OCc3ccccc3)CCCCC2)cc1. The summed E-state index contributed by atoms with van der Waals surface area (Å²) in [5.74, 6) is -1.42. The number of aliphatic hydroxyl groups is 1. The quantitative estimate of drug-likeness (QED) is 0.258. The molecule has 0 aromatic heterocycles. The van der Waals surface area contributed by atoms with Gasteiger partial charge in [0.15, 0.2) is 15.9 Å². The van der Waals surface area contributed by atoms with E-state index in [2.05, 4.69) is 10.6 Å². The lowest BCUT2D eigenvalue weighted by Gasteiger charge is -2.37. The van der Waals surface area contributed by atoms with Gasteiger partial charge < -0.3 is 25.2 Å². The summed E-state index contributed by atoms with van der Waals surface area (Å²) in [6.07, 6.45) is 1.43. The number of esters is 1. The van der Waals surface area contributed by atoms with Gasteiger partial charge in [0.2, 0.25) is 0 Å². The number of nitrogens with one attached hydrogen (secondary N) is 2. The third-order valence-electron chi connectivity index (χ3n) is 7.65. The van der Waals surface area contributed by atoms with Gasteiger partial charge in [0.1, 0.15) is 18.8 Å². The van der Waals surface area contributed by atoms with Gasteiger partial charge in [-0.05, 0) is 48.1 Å². The zero-order chi connectivity index (χ0) is 31.6. The number of rotatable bonds is 12. The molecule has 0 radical (unpaired) electrons. The van der Waals surface area contributed by atoms with Crippen LogP contribution in [0.2, 0.25) is 0 Å². The van der Waals surface area contributed by atoms with Crippen molar-refractivity contribution in [3.8, 4) is 0 Å². The van der Waals surface area contributed by atoms with Crippen molar-refractivity contribution in [1.82, 2.24) is 10.6 Å². The molecular weight excluding hydrogens is 584 g/mol. The molecule has 0 bridgehead atoms. The number of alkyl carbamates (subject to hydrolysis) is 1. The van der Waals surface area contributed by atoms with Crippen molar-refractivity contribution in [3.63, 3.8) is 0 Å². The van der Waals surface area contributed by atoms with E-state index in [1.54, 1.807) is 36.4 Å². The number of hydrogen-bond acceptors (Lipinski definition) is 8. The average molecular weight is 623 g/mol. The van der Waals surface area contributed by atoms with Gasteiger partial charge in [0.25, 0.3) is 5.91 Å². The minimum absolute atomic E-state index is 0.0233. The van der Waals surface area contributed by atoms with Gasteiger partial charge >= 0.3 is 12.1 Å². The van der Waals surface area contributed by atoms with E-state index >= 15 is 0 Å². The van der Waals surface area contributed by atoms with Crippen molar-refractivity contribution in [2.24, 2.45) is 0 Å².